The lowest BCUT2D eigenvalue weighted by molar-refractivity contribution is -0.115. The van der Waals surface area contributed by atoms with Crippen LogP contribution in [0, 0.1) is 0 Å². The standard InChI is InChI=1S/C17H19N5O2S2/c1-17(2,3)13-14(24)22-15(19-18-13)26-16(20-22)25-10-12(23)21(4)11-8-6-5-7-9-11/h5-9H,10H2,1-4H3. The average molecular weight is 390 g/mol. The number of hydrogen-bond donors (Lipinski definition) is 0. The molecule has 7 nitrogen and oxygen atoms in total. The number of nitrogens with zero attached hydrogens (tertiary/aromatic N) is 5. The summed E-state index contributed by atoms with van der Waals surface area (Å²) in [5.41, 5.74) is 0.533. The number of anilines is 1. The summed E-state index contributed by atoms with van der Waals surface area (Å²) >= 11 is 2.54. The summed E-state index contributed by atoms with van der Waals surface area (Å²) in [5, 5.41) is 12.5. The van der Waals surface area contributed by atoms with E-state index < -0.39 is 5.41 Å². The van der Waals surface area contributed by atoms with Crippen LogP contribution in [-0.4, -0.2) is 38.5 Å². The van der Waals surface area contributed by atoms with Gasteiger partial charge < -0.3 is 4.90 Å². The van der Waals surface area contributed by atoms with Gasteiger partial charge >= 0.3 is 0 Å². The molecule has 136 valence electrons. The van der Waals surface area contributed by atoms with Crippen molar-refractivity contribution < 1.29 is 4.79 Å². The number of hydrogen-bond acceptors (Lipinski definition) is 7. The van der Waals surface area contributed by atoms with E-state index in [1.807, 2.05) is 51.1 Å². The molecule has 0 atom stereocenters. The van der Waals surface area contributed by atoms with Gasteiger partial charge in [-0.3, -0.25) is 9.59 Å². The SMILES string of the molecule is CN(C(=O)CSc1nn2c(=O)c(C(C)(C)C)nnc2s1)c1ccccc1. The molecule has 0 aliphatic heterocycles. The predicted octanol–water partition coefficient (Wildman–Crippen LogP) is 2.60. The molecule has 0 saturated carbocycles. The fourth-order valence-electron chi connectivity index (χ4n) is 2.24. The summed E-state index contributed by atoms with van der Waals surface area (Å²) in [6.07, 6.45) is 0. The van der Waals surface area contributed by atoms with Crippen LogP contribution in [0.15, 0.2) is 39.5 Å². The highest BCUT2D eigenvalue weighted by Crippen LogP contribution is 2.25. The van der Waals surface area contributed by atoms with Gasteiger partial charge in [0.1, 0.15) is 5.69 Å². The molecule has 0 aliphatic rings. The van der Waals surface area contributed by atoms with Crippen LogP contribution in [0.5, 0.6) is 0 Å². The van der Waals surface area contributed by atoms with E-state index in [-0.39, 0.29) is 17.2 Å². The van der Waals surface area contributed by atoms with E-state index in [1.165, 1.54) is 27.6 Å². The summed E-state index contributed by atoms with van der Waals surface area (Å²) in [5.74, 6) is 0.175. The van der Waals surface area contributed by atoms with E-state index in [0.717, 1.165) is 5.69 Å². The van der Waals surface area contributed by atoms with Crippen LogP contribution in [0.1, 0.15) is 26.5 Å². The van der Waals surface area contributed by atoms with Crippen LogP contribution in [0.3, 0.4) is 0 Å². The molecule has 1 amide bonds. The van der Waals surface area contributed by atoms with Gasteiger partial charge in [0.15, 0.2) is 4.34 Å². The van der Waals surface area contributed by atoms with Gasteiger partial charge in [-0.25, -0.2) is 0 Å². The molecule has 2 aromatic heterocycles. The number of thioether (sulfide) groups is 1. The van der Waals surface area contributed by atoms with Crippen LogP contribution >= 0.6 is 23.1 Å². The summed E-state index contributed by atoms with van der Waals surface area (Å²) in [4.78, 5) is 26.9. The number of amides is 1. The molecule has 0 unspecified atom stereocenters. The minimum Gasteiger partial charge on any atom is -0.315 e. The monoisotopic (exact) mass is 389 g/mol. The van der Waals surface area contributed by atoms with Crippen LogP contribution < -0.4 is 10.5 Å². The number of para-hydroxylation sites is 1. The molecule has 0 spiro atoms. The predicted molar refractivity (Wildman–Crippen MR) is 104 cm³/mol. The molecule has 0 saturated heterocycles. The van der Waals surface area contributed by atoms with Gasteiger partial charge in [0.25, 0.3) is 5.56 Å². The zero-order valence-corrected chi connectivity index (χ0v) is 16.6. The molecular formula is C17H19N5O2S2. The molecule has 1 aromatic carbocycles. The van der Waals surface area contributed by atoms with Gasteiger partial charge in [0.05, 0.1) is 5.75 Å². The lowest BCUT2D eigenvalue weighted by Gasteiger charge is -2.16. The van der Waals surface area contributed by atoms with Gasteiger partial charge in [-0.2, -0.15) is 4.52 Å². The first kappa shape index (κ1) is 18.5. The number of aromatic nitrogens is 4. The maximum absolute atomic E-state index is 12.5. The van der Waals surface area contributed by atoms with E-state index in [9.17, 15) is 9.59 Å². The highest BCUT2D eigenvalue weighted by molar-refractivity contribution is 8.01. The summed E-state index contributed by atoms with van der Waals surface area (Å²) < 4.78 is 1.88. The first-order valence-electron chi connectivity index (χ1n) is 7.99. The summed E-state index contributed by atoms with van der Waals surface area (Å²) in [6, 6.07) is 9.44. The number of carbonyl (C=O) groups is 1. The Bertz CT molecular complexity index is 992. The highest BCUT2D eigenvalue weighted by atomic mass is 32.2. The third-order valence-corrected chi connectivity index (χ3v) is 5.74. The van der Waals surface area contributed by atoms with E-state index in [1.54, 1.807) is 11.9 Å². The quantitative estimate of drug-likeness (QED) is 0.638. The second kappa shape index (κ2) is 7.16. The Hall–Kier alpha value is -2.26. The molecule has 0 radical (unpaired) electrons. The Morgan fingerprint density at radius 2 is 1.92 bits per heavy atom. The lowest BCUT2D eigenvalue weighted by atomic mass is 9.93. The lowest BCUT2D eigenvalue weighted by Crippen LogP contribution is -2.30. The largest absolute Gasteiger partial charge is 0.315 e. The van der Waals surface area contributed by atoms with Crippen molar-refractivity contribution >= 4 is 39.7 Å². The van der Waals surface area contributed by atoms with Crippen molar-refractivity contribution in [3.8, 4) is 0 Å². The third-order valence-electron chi connectivity index (χ3n) is 3.72. The number of carbonyl (C=O) groups excluding carboxylic acids is 1. The Balaban J connectivity index is 1.77. The van der Waals surface area contributed by atoms with Gasteiger partial charge in [0.2, 0.25) is 10.9 Å². The third kappa shape index (κ3) is 3.78. The first-order valence-corrected chi connectivity index (χ1v) is 9.79. The molecule has 3 rings (SSSR count). The topological polar surface area (TPSA) is 80.5 Å². The summed E-state index contributed by atoms with van der Waals surface area (Å²) in [6.45, 7) is 5.72. The van der Waals surface area contributed by atoms with Crippen molar-refractivity contribution in [2.24, 2.45) is 0 Å². The molecule has 0 N–H and O–H groups in total. The zero-order chi connectivity index (χ0) is 18.9. The molecule has 9 heteroatoms. The van der Waals surface area contributed by atoms with Crippen LogP contribution in [0.4, 0.5) is 5.69 Å². The van der Waals surface area contributed by atoms with Crippen LogP contribution in [0.25, 0.3) is 4.96 Å². The second-order valence-electron chi connectivity index (χ2n) is 6.74. The van der Waals surface area contributed by atoms with Gasteiger partial charge in [0, 0.05) is 18.2 Å². The Labute approximate surface area is 159 Å². The van der Waals surface area contributed by atoms with Gasteiger partial charge in [-0.05, 0) is 12.1 Å². The fraction of sp³-hybridized carbons (Fsp3) is 0.353. The molecular weight excluding hydrogens is 370 g/mol. The smallest absolute Gasteiger partial charge is 0.297 e. The zero-order valence-electron chi connectivity index (χ0n) is 15.0. The normalized spacial score (nSPS) is 11.7. The number of rotatable bonds is 4. The van der Waals surface area contributed by atoms with Crippen molar-refractivity contribution in [1.82, 2.24) is 19.8 Å². The molecule has 0 bridgehead atoms. The van der Waals surface area contributed by atoms with Crippen molar-refractivity contribution in [1.29, 1.82) is 0 Å². The highest BCUT2D eigenvalue weighted by Gasteiger charge is 2.23. The maximum atomic E-state index is 12.5. The Morgan fingerprint density at radius 3 is 2.58 bits per heavy atom. The van der Waals surface area contributed by atoms with Gasteiger partial charge in [-0.15, -0.1) is 15.3 Å². The molecule has 2 heterocycles. The average Bonchev–Trinajstić information content (AvgIpc) is 3.03. The van der Waals surface area contributed by atoms with Crippen molar-refractivity contribution in [2.45, 2.75) is 30.5 Å². The van der Waals surface area contributed by atoms with E-state index in [4.69, 9.17) is 0 Å². The van der Waals surface area contributed by atoms with E-state index in [2.05, 4.69) is 15.3 Å². The molecule has 0 aliphatic carbocycles. The van der Waals surface area contributed by atoms with Crippen molar-refractivity contribution in [2.75, 3.05) is 17.7 Å². The molecule has 3 aromatic rings. The second-order valence-corrected chi connectivity index (χ2v) is 8.92. The van der Waals surface area contributed by atoms with E-state index >= 15 is 0 Å². The molecule has 26 heavy (non-hydrogen) atoms. The minimum absolute atomic E-state index is 0.0470. The minimum atomic E-state index is -0.406. The van der Waals surface area contributed by atoms with Gasteiger partial charge in [-0.1, -0.05) is 62.1 Å². The van der Waals surface area contributed by atoms with Crippen LogP contribution in [-0.2, 0) is 10.2 Å². The Morgan fingerprint density at radius 1 is 1.23 bits per heavy atom. The summed E-state index contributed by atoms with van der Waals surface area (Å²) in [7, 11) is 1.74. The van der Waals surface area contributed by atoms with Crippen LogP contribution in [0.2, 0.25) is 0 Å². The fourth-order valence-corrected chi connectivity index (χ4v) is 4.03. The maximum Gasteiger partial charge on any atom is 0.297 e. The van der Waals surface area contributed by atoms with Crippen molar-refractivity contribution in [3.63, 3.8) is 0 Å². The number of benzene rings is 1. The first-order chi connectivity index (χ1) is 12.3. The van der Waals surface area contributed by atoms with Crippen molar-refractivity contribution in [3.05, 3.63) is 46.4 Å². The molecule has 0 fully saturated rings. The Kier molecular flexibility index (Phi) is 5.10. The van der Waals surface area contributed by atoms with E-state index in [0.29, 0.717) is 15.0 Å². The number of fused-ring (bicyclic) bond motifs is 1.